The number of benzene rings is 2. The molecule has 0 aliphatic heterocycles. The quantitative estimate of drug-likeness (QED) is 0.234. The summed E-state index contributed by atoms with van der Waals surface area (Å²) < 4.78 is 67.9. The Labute approximate surface area is 162 Å². The molecule has 156 valence electrons. The van der Waals surface area contributed by atoms with Crippen LogP contribution in [0.2, 0.25) is 0 Å². The maximum atomic E-state index is 14.0. The zero-order valence-corrected chi connectivity index (χ0v) is 15.5. The SMILES string of the molecule is CC(C)(C)C(=O)NC(C(=O)NO)c1ccc(-c2c(F)c(F)c(F)c(F)c2F)cc1. The molecule has 0 aliphatic rings. The minimum atomic E-state index is -2.27. The number of carbonyl (C=O) groups excluding carboxylic acids is 2. The topological polar surface area (TPSA) is 78.4 Å². The van der Waals surface area contributed by atoms with Crippen molar-refractivity contribution in [1.29, 1.82) is 0 Å². The van der Waals surface area contributed by atoms with Gasteiger partial charge in [-0.05, 0) is 11.1 Å². The molecular formula is C19H17F5N2O3. The van der Waals surface area contributed by atoms with Crippen molar-refractivity contribution in [3.8, 4) is 11.1 Å². The molecule has 2 rings (SSSR count). The average molecular weight is 416 g/mol. The van der Waals surface area contributed by atoms with Gasteiger partial charge in [0.05, 0.1) is 5.56 Å². The second kappa shape index (κ2) is 8.16. The molecule has 0 saturated carbocycles. The Bertz CT molecular complexity index is 927. The van der Waals surface area contributed by atoms with Crippen LogP contribution in [0.15, 0.2) is 24.3 Å². The molecule has 0 fully saturated rings. The number of rotatable bonds is 4. The molecule has 0 aromatic heterocycles. The monoisotopic (exact) mass is 416 g/mol. The molecule has 1 unspecified atom stereocenters. The van der Waals surface area contributed by atoms with Gasteiger partial charge in [-0.25, -0.2) is 27.4 Å². The molecule has 5 nitrogen and oxygen atoms in total. The van der Waals surface area contributed by atoms with Crippen LogP contribution in [0.25, 0.3) is 11.1 Å². The van der Waals surface area contributed by atoms with Crippen molar-refractivity contribution in [3.05, 3.63) is 58.9 Å². The van der Waals surface area contributed by atoms with Crippen LogP contribution < -0.4 is 10.8 Å². The summed E-state index contributed by atoms with van der Waals surface area (Å²) in [6.45, 7) is 4.76. The Morgan fingerprint density at radius 2 is 1.31 bits per heavy atom. The molecule has 0 saturated heterocycles. The average Bonchev–Trinajstić information content (AvgIpc) is 2.68. The molecule has 10 heteroatoms. The lowest BCUT2D eigenvalue weighted by molar-refractivity contribution is -0.137. The Morgan fingerprint density at radius 3 is 1.72 bits per heavy atom. The molecule has 2 amide bonds. The van der Waals surface area contributed by atoms with Gasteiger partial charge in [0.25, 0.3) is 5.91 Å². The number of nitrogens with one attached hydrogen (secondary N) is 2. The third kappa shape index (κ3) is 4.37. The highest BCUT2D eigenvalue weighted by Crippen LogP contribution is 2.32. The summed E-state index contributed by atoms with van der Waals surface area (Å²) in [5.41, 5.74) is -0.852. The number of amides is 2. The van der Waals surface area contributed by atoms with Crippen molar-refractivity contribution in [1.82, 2.24) is 10.8 Å². The Balaban J connectivity index is 2.48. The normalized spacial score (nSPS) is 12.4. The summed E-state index contributed by atoms with van der Waals surface area (Å²) in [7, 11) is 0. The second-order valence-corrected chi connectivity index (χ2v) is 7.20. The van der Waals surface area contributed by atoms with E-state index in [4.69, 9.17) is 5.21 Å². The van der Waals surface area contributed by atoms with Crippen LogP contribution >= 0.6 is 0 Å². The molecule has 0 bridgehead atoms. The molecule has 29 heavy (non-hydrogen) atoms. The maximum absolute atomic E-state index is 14.0. The van der Waals surface area contributed by atoms with E-state index < -0.39 is 57.9 Å². The summed E-state index contributed by atoms with van der Waals surface area (Å²) in [6, 6.07) is 2.98. The molecule has 2 aromatic rings. The van der Waals surface area contributed by atoms with Crippen molar-refractivity contribution in [3.63, 3.8) is 0 Å². The van der Waals surface area contributed by atoms with E-state index in [1.54, 1.807) is 20.8 Å². The summed E-state index contributed by atoms with van der Waals surface area (Å²) in [6.07, 6.45) is 0. The molecule has 1 atom stereocenters. The van der Waals surface area contributed by atoms with Crippen molar-refractivity contribution in [2.45, 2.75) is 26.8 Å². The van der Waals surface area contributed by atoms with Crippen LogP contribution in [0.3, 0.4) is 0 Å². The van der Waals surface area contributed by atoms with E-state index in [0.717, 1.165) is 24.3 Å². The van der Waals surface area contributed by atoms with Gasteiger partial charge in [0, 0.05) is 5.41 Å². The highest BCUT2D eigenvalue weighted by atomic mass is 19.2. The standard InChI is InChI=1S/C19H17F5N2O3/c1-19(2,3)18(28)25-16(17(27)26-29)9-6-4-8(5-7-9)10-11(20)13(22)15(24)14(23)12(10)21/h4-7,16,29H,1-3H3,(H,25,28)(H,26,27). The first kappa shape index (κ1) is 22.3. The lowest BCUT2D eigenvalue weighted by Crippen LogP contribution is -2.43. The summed E-state index contributed by atoms with van der Waals surface area (Å²) in [5.74, 6) is -12.0. The number of hydrogen-bond donors (Lipinski definition) is 3. The number of hydrogen-bond acceptors (Lipinski definition) is 3. The van der Waals surface area contributed by atoms with E-state index in [9.17, 15) is 31.5 Å². The molecular weight excluding hydrogens is 399 g/mol. The third-order valence-corrected chi connectivity index (χ3v) is 4.07. The van der Waals surface area contributed by atoms with Crippen molar-refractivity contribution < 1.29 is 36.7 Å². The van der Waals surface area contributed by atoms with Gasteiger partial charge in [0.1, 0.15) is 6.04 Å². The minimum absolute atomic E-state index is 0.0989. The smallest absolute Gasteiger partial charge is 0.270 e. The second-order valence-electron chi connectivity index (χ2n) is 7.20. The van der Waals surface area contributed by atoms with Gasteiger partial charge in [-0.1, -0.05) is 45.0 Å². The van der Waals surface area contributed by atoms with Crippen LogP contribution in [0, 0.1) is 34.5 Å². The summed E-state index contributed by atoms with van der Waals surface area (Å²) in [5, 5.41) is 11.3. The summed E-state index contributed by atoms with van der Waals surface area (Å²) >= 11 is 0. The number of carbonyl (C=O) groups is 2. The van der Waals surface area contributed by atoms with E-state index in [-0.39, 0.29) is 11.1 Å². The molecule has 0 aliphatic carbocycles. The van der Waals surface area contributed by atoms with Crippen LogP contribution in [-0.4, -0.2) is 17.0 Å². The van der Waals surface area contributed by atoms with E-state index >= 15 is 0 Å². The van der Waals surface area contributed by atoms with E-state index in [1.807, 2.05) is 0 Å². The fraction of sp³-hybridized carbons (Fsp3) is 0.263. The largest absolute Gasteiger partial charge is 0.340 e. The predicted molar refractivity (Wildman–Crippen MR) is 91.9 cm³/mol. The maximum Gasteiger partial charge on any atom is 0.270 e. The number of hydroxylamine groups is 1. The molecule has 0 radical (unpaired) electrons. The highest BCUT2D eigenvalue weighted by Gasteiger charge is 2.30. The van der Waals surface area contributed by atoms with Crippen molar-refractivity contribution in [2.75, 3.05) is 0 Å². The van der Waals surface area contributed by atoms with Gasteiger partial charge in [0.15, 0.2) is 23.3 Å². The first-order valence-electron chi connectivity index (χ1n) is 8.26. The number of halogens is 5. The summed E-state index contributed by atoms with van der Waals surface area (Å²) in [4.78, 5) is 24.1. The Morgan fingerprint density at radius 1 is 0.862 bits per heavy atom. The van der Waals surface area contributed by atoms with Crippen LogP contribution in [-0.2, 0) is 9.59 Å². The highest BCUT2D eigenvalue weighted by molar-refractivity contribution is 5.90. The zero-order valence-electron chi connectivity index (χ0n) is 15.5. The van der Waals surface area contributed by atoms with Gasteiger partial charge in [-0.2, -0.15) is 0 Å². The van der Waals surface area contributed by atoms with Gasteiger partial charge in [0.2, 0.25) is 11.7 Å². The third-order valence-electron chi connectivity index (χ3n) is 4.07. The Hall–Kier alpha value is -3.01. The van der Waals surface area contributed by atoms with E-state index in [2.05, 4.69) is 5.32 Å². The Kier molecular flexibility index (Phi) is 6.27. The van der Waals surface area contributed by atoms with Crippen LogP contribution in [0.1, 0.15) is 32.4 Å². The van der Waals surface area contributed by atoms with Crippen molar-refractivity contribution in [2.24, 2.45) is 5.41 Å². The lowest BCUT2D eigenvalue weighted by atomic mass is 9.94. The molecule has 3 N–H and O–H groups in total. The fourth-order valence-corrected chi connectivity index (χ4v) is 2.41. The zero-order chi connectivity index (χ0) is 22.1. The van der Waals surface area contributed by atoms with Gasteiger partial charge < -0.3 is 5.32 Å². The molecule has 2 aromatic carbocycles. The lowest BCUT2D eigenvalue weighted by Gasteiger charge is -2.23. The van der Waals surface area contributed by atoms with Crippen LogP contribution in [0.5, 0.6) is 0 Å². The minimum Gasteiger partial charge on any atom is -0.340 e. The molecule has 0 heterocycles. The molecule has 0 spiro atoms. The first-order valence-corrected chi connectivity index (χ1v) is 8.26. The predicted octanol–water partition coefficient (Wildman–Crippen LogP) is 3.76. The van der Waals surface area contributed by atoms with Crippen LogP contribution in [0.4, 0.5) is 22.0 Å². The van der Waals surface area contributed by atoms with E-state index in [0.29, 0.717) is 0 Å². The van der Waals surface area contributed by atoms with Crippen molar-refractivity contribution >= 4 is 11.8 Å². The van der Waals surface area contributed by atoms with Gasteiger partial charge in [-0.3, -0.25) is 14.8 Å². The fourth-order valence-electron chi connectivity index (χ4n) is 2.41. The van der Waals surface area contributed by atoms with Gasteiger partial charge >= 0.3 is 0 Å². The van der Waals surface area contributed by atoms with E-state index in [1.165, 1.54) is 5.48 Å². The van der Waals surface area contributed by atoms with Gasteiger partial charge in [-0.15, -0.1) is 0 Å². The first-order chi connectivity index (χ1) is 13.4.